The van der Waals surface area contributed by atoms with Crippen molar-refractivity contribution in [2.45, 2.75) is 45.1 Å². The highest BCUT2D eigenvalue weighted by Gasteiger charge is 2.06. The lowest BCUT2D eigenvalue weighted by Crippen LogP contribution is -2.29. The molecule has 1 aliphatic rings. The van der Waals surface area contributed by atoms with Gasteiger partial charge in [-0.05, 0) is 63.3 Å². The third-order valence-electron chi connectivity index (χ3n) is 3.77. The Morgan fingerprint density at radius 1 is 1.26 bits per heavy atom. The predicted octanol–water partition coefficient (Wildman–Crippen LogP) is 3.72. The Morgan fingerprint density at radius 2 is 2.05 bits per heavy atom. The molecular weight excluding hydrogens is 234 g/mol. The fourth-order valence-electron chi connectivity index (χ4n) is 2.63. The first-order valence-electron chi connectivity index (χ1n) is 7.32. The van der Waals surface area contributed by atoms with Crippen LogP contribution in [0.5, 0.6) is 5.75 Å². The molecule has 0 amide bonds. The van der Waals surface area contributed by atoms with E-state index in [-0.39, 0.29) is 0 Å². The zero-order chi connectivity index (χ0) is 13.5. The maximum Gasteiger partial charge on any atom is 0.118 e. The molecule has 0 aliphatic heterocycles. The van der Waals surface area contributed by atoms with Crippen molar-refractivity contribution in [3.63, 3.8) is 0 Å². The van der Waals surface area contributed by atoms with Gasteiger partial charge in [-0.1, -0.05) is 23.8 Å². The minimum atomic E-state index is 0.524. The Kier molecular flexibility index (Phi) is 5.46. The minimum absolute atomic E-state index is 0.524. The SMILES string of the molecule is COc1ccc(CC(C)NCCC2=CCCC2)cc1. The molecule has 0 saturated heterocycles. The standard InChI is InChI=1S/C17H25NO/c1-14(18-12-11-15-5-3-4-6-15)13-16-7-9-17(19-2)10-8-16/h5,7-10,14,18H,3-4,6,11-13H2,1-2H3. The highest BCUT2D eigenvalue weighted by atomic mass is 16.5. The smallest absolute Gasteiger partial charge is 0.118 e. The van der Waals surface area contributed by atoms with Crippen LogP contribution < -0.4 is 10.1 Å². The first-order valence-corrected chi connectivity index (χ1v) is 7.32. The van der Waals surface area contributed by atoms with Gasteiger partial charge in [-0.2, -0.15) is 0 Å². The third kappa shape index (κ3) is 4.71. The summed E-state index contributed by atoms with van der Waals surface area (Å²) in [6.45, 7) is 3.36. The van der Waals surface area contributed by atoms with Crippen molar-refractivity contribution < 1.29 is 4.74 Å². The summed E-state index contributed by atoms with van der Waals surface area (Å²) in [5.74, 6) is 0.928. The van der Waals surface area contributed by atoms with Gasteiger partial charge in [0.2, 0.25) is 0 Å². The first-order chi connectivity index (χ1) is 9.28. The Labute approximate surface area is 116 Å². The van der Waals surface area contributed by atoms with Crippen molar-refractivity contribution in [1.82, 2.24) is 5.32 Å². The number of rotatable bonds is 7. The van der Waals surface area contributed by atoms with E-state index in [9.17, 15) is 0 Å². The predicted molar refractivity (Wildman–Crippen MR) is 80.7 cm³/mol. The van der Waals surface area contributed by atoms with Crippen LogP contribution in [0.4, 0.5) is 0 Å². The number of allylic oxidation sites excluding steroid dienone is 1. The van der Waals surface area contributed by atoms with E-state index < -0.39 is 0 Å². The van der Waals surface area contributed by atoms with E-state index in [4.69, 9.17) is 4.74 Å². The molecule has 1 atom stereocenters. The van der Waals surface area contributed by atoms with Crippen LogP contribution in [0, 0.1) is 0 Å². The molecule has 0 fully saturated rings. The molecule has 0 heterocycles. The molecule has 0 bridgehead atoms. The fourth-order valence-corrected chi connectivity index (χ4v) is 2.63. The Hall–Kier alpha value is -1.28. The zero-order valence-electron chi connectivity index (χ0n) is 12.1. The van der Waals surface area contributed by atoms with Crippen molar-refractivity contribution >= 4 is 0 Å². The van der Waals surface area contributed by atoms with E-state index in [0.29, 0.717) is 6.04 Å². The summed E-state index contributed by atoms with van der Waals surface area (Å²) in [6, 6.07) is 8.89. The van der Waals surface area contributed by atoms with Gasteiger partial charge in [0.25, 0.3) is 0 Å². The monoisotopic (exact) mass is 259 g/mol. The van der Waals surface area contributed by atoms with Gasteiger partial charge in [-0.25, -0.2) is 0 Å². The van der Waals surface area contributed by atoms with E-state index in [1.54, 1.807) is 12.7 Å². The molecule has 1 N–H and O–H groups in total. The highest BCUT2D eigenvalue weighted by Crippen LogP contribution is 2.20. The van der Waals surface area contributed by atoms with Crippen LogP contribution in [0.2, 0.25) is 0 Å². The zero-order valence-corrected chi connectivity index (χ0v) is 12.1. The Balaban J connectivity index is 1.69. The summed E-state index contributed by atoms with van der Waals surface area (Å²) in [5.41, 5.74) is 3.00. The molecule has 2 nitrogen and oxygen atoms in total. The fraction of sp³-hybridized carbons (Fsp3) is 0.529. The van der Waals surface area contributed by atoms with E-state index in [0.717, 1.165) is 18.7 Å². The summed E-state index contributed by atoms with van der Waals surface area (Å²) < 4.78 is 5.17. The summed E-state index contributed by atoms with van der Waals surface area (Å²) in [7, 11) is 1.71. The molecule has 1 aromatic rings. The number of hydrogen-bond acceptors (Lipinski definition) is 2. The quantitative estimate of drug-likeness (QED) is 0.754. The van der Waals surface area contributed by atoms with E-state index in [1.807, 2.05) is 12.1 Å². The molecule has 0 aromatic heterocycles. The molecule has 1 aromatic carbocycles. The molecule has 1 aliphatic carbocycles. The normalized spacial score (nSPS) is 16.2. The summed E-state index contributed by atoms with van der Waals surface area (Å²) in [6.07, 6.45) is 8.66. The second kappa shape index (κ2) is 7.34. The molecule has 0 spiro atoms. The number of benzene rings is 1. The molecule has 104 valence electrons. The van der Waals surface area contributed by atoms with Crippen LogP contribution >= 0.6 is 0 Å². The molecule has 2 rings (SSSR count). The Morgan fingerprint density at radius 3 is 2.68 bits per heavy atom. The average molecular weight is 259 g/mol. The molecule has 1 unspecified atom stereocenters. The minimum Gasteiger partial charge on any atom is -0.497 e. The van der Waals surface area contributed by atoms with Gasteiger partial charge in [0.1, 0.15) is 5.75 Å². The largest absolute Gasteiger partial charge is 0.497 e. The van der Waals surface area contributed by atoms with Crippen molar-refractivity contribution in [3.8, 4) is 5.75 Å². The molecule has 19 heavy (non-hydrogen) atoms. The van der Waals surface area contributed by atoms with Gasteiger partial charge in [0.05, 0.1) is 7.11 Å². The van der Waals surface area contributed by atoms with Gasteiger partial charge < -0.3 is 10.1 Å². The molecule has 0 saturated carbocycles. The van der Waals surface area contributed by atoms with Crippen LogP contribution in [0.15, 0.2) is 35.9 Å². The average Bonchev–Trinajstić information content (AvgIpc) is 2.93. The summed E-state index contributed by atoms with van der Waals surface area (Å²) in [4.78, 5) is 0. The van der Waals surface area contributed by atoms with E-state index >= 15 is 0 Å². The van der Waals surface area contributed by atoms with Crippen molar-refractivity contribution in [2.24, 2.45) is 0 Å². The van der Waals surface area contributed by atoms with E-state index in [1.165, 1.54) is 31.2 Å². The van der Waals surface area contributed by atoms with Crippen molar-refractivity contribution in [3.05, 3.63) is 41.5 Å². The number of hydrogen-bond donors (Lipinski definition) is 1. The van der Waals surface area contributed by atoms with Crippen molar-refractivity contribution in [1.29, 1.82) is 0 Å². The van der Waals surface area contributed by atoms with Gasteiger partial charge >= 0.3 is 0 Å². The van der Waals surface area contributed by atoms with Gasteiger partial charge in [-0.3, -0.25) is 0 Å². The highest BCUT2D eigenvalue weighted by molar-refractivity contribution is 5.27. The first kappa shape index (κ1) is 14.1. The molecular formula is C17H25NO. The lowest BCUT2D eigenvalue weighted by atomic mass is 10.1. The Bertz CT molecular complexity index is 408. The maximum atomic E-state index is 5.17. The summed E-state index contributed by atoms with van der Waals surface area (Å²) >= 11 is 0. The van der Waals surface area contributed by atoms with Crippen LogP contribution in [-0.4, -0.2) is 19.7 Å². The second-order valence-corrected chi connectivity index (χ2v) is 5.41. The summed E-state index contributed by atoms with van der Waals surface area (Å²) in [5, 5.41) is 3.61. The van der Waals surface area contributed by atoms with Crippen LogP contribution in [0.1, 0.15) is 38.2 Å². The van der Waals surface area contributed by atoms with E-state index in [2.05, 4.69) is 30.4 Å². The molecule has 0 radical (unpaired) electrons. The molecule has 2 heteroatoms. The van der Waals surface area contributed by atoms with Crippen LogP contribution in [0.25, 0.3) is 0 Å². The number of ether oxygens (including phenoxy) is 1. The van der Waals surface area contributed by atoms with Gasteiger partial charge in [-0.15, -0.1) is 0 Å². The maximum absolute atomic E-state index is 5.17. The third-order valence-corrected chi connectivity index (χ3v) is 3.77. The topological polar surface area (TPSA) is 21.3 Å². The van der Waals surface area contributed by atoms with Gasteiger partial charge in [0, 0.05) is 6.04 Å². The second-order valence-electron chi connectivity index (χ2n) is 5.41. The van der Waals surface area contributed by atoms with Crippen LogP contribution in [-0.2, 0) is 6.42 Å². The number of nitrogens with one attached hydrogen (secondary N) is 1. The van der Waals surface area contributed by atoms with Crippen molar-refractivity contribution in [2.75, 3.05) is 13.7 Å². The lowest BCUT2D eigenvalue weighted by Gasteiger charge is -2.14. The van der Waals surface area contributed by atoms with Crippen LogP contribution in [0.3, 0.4) is 0 Å². The van der Waals surface area contributed by atoms with Gasteiger partial charge in [0.15, 0.2) is 0 Å². The number of methoxy groups -OCH3 is 1. The lowest BCUT2D eigenvalue weighted by molar-refractivity contribution is 0.414.